The summed E-state index contributed by atoms with van der Waals surface area (Å²) in [6, 6.07) is 2.12. The summed E-state index contributed by atoms with van der Waals surface area (Å²) >= 11 is 0. The zero-order chi connectivity index (χ0) is 17.9. The highest BCUT2D eigenvalue weighted by Crippen LogP contribution is 2.29. The summed E-state index contributed by atoms with van der Waals surface area (Å²) in [6.07, 6.45) is 1.87. The van der Waals surface area contributed by atoms with Gasteiger partial charge < -0.3 is 4.90 Å². The lowest BCUT2D eigenvalue weighted by Crippen LogP contribution is -2.47. The van der Waals surface area contributed by atoms with Gasteiger partial charge in [0.1, 0.15) is 0 Å². The third-order valence-electron chi connectivity index (χ3n) is 4.63. The van der Waals surface area contributed by atoms with Gasteiger partial charge in [0.15, 0.2) is 0 Å². The predicted molar refractivity (Wildman–Crippen MR) is 96.0 cm³/mol. The Balaban J connectivity index is 2.16. The van der Waals surface area contributed by atoms with Crippen molar-refractivity contribution in [3.05, 3.63) is 17.5 Å². The molecule has 1 unspecified atom stereocenters. The second-order valence-corrected chi connectivity index (χ2v) is 8.64. The molecule has 2 heterocycles. The first-order valence-electron chi connectivity index (χ1n) is 8.72. The van der Waals surface area contributed by atoms with Gasteiger partial charge in [0, 0.05) is 45.7 Å². The van der Waals surface area contributed by atoms with E-state index in [0.717, 1.165) is 30.8 Å². The molecule has 0 aromatic carbocycles. The van der Waals surface area contributed by atoms with Crippen molar-refractivity contribution in [3.8, 4) is 0 Å². The lowest BCUT2D eigenvalue weighted by molar-refractivity contribution is 0.285. The van der Waals surface area contributed by atoms with E-state index >= 15 is 0 Å². The summed E-state index contributed by atoms with van der Waals surface area (Å²) in [5.41, 5.74) is 2.16. The minimum atomic E-state index is -3.36. The molecule has 0 N–H and O–H groups in total. The highest BCUT2D eigenvalue weighted by atomic mass is 32.2. The van der Waals surface area contributed by atoms with Crippen molar-refractivity contribution in [2.75, 3.05) is 40.3 Å². The van der Waals surface area contributed by atoms with Gasteiger partial charge in [-0.15, -0.1) is 0 Å². The van der Waals surface area contributed by atoms with Crippen molar-refractivity contribution < 1.29 is 8.42 Å². The van der Waals surface area contributed by atoms with Crippen LogP contribution < -0.4 is 0 Å². The largest absolute Gasteiger partial charge is 0.304 e. The Bertz CT molecular complexity index is 637. The maximum Gasteiger partial charge on any atom is 0.281 e. The van der Waals surface area contributed by atoms with E-state index in [2.05, 4.69) is 16.1 Å². The Morgan fingerprint density at radius 1 is 1.29 bits per heavy atom. The number of aryl methyl sites for hydroxylation is 1. The van der Waals surface area contributed by atoms with Crippen molar-refractivity contribution in [2.45, 2.75) is 39.2 Å². The van der Waals surface area contributed by atoms with Gasteiger partial charge in [-0.25, -0.2) is 0 Å². The fourth-order valence-electron chi connectivity index (χ4n) is 3.31. The molecule has 138 valence electrons. The maximum atomic E-state index is 12.8. The van der Waals surface area contributed by atoms with Crippen molar-refractivity contribution in [1.82, 2.24) is 23.3 Å². The Morgan fingerprint density at radius 2 is 1.96 bits per heavy atom. The summed E-state index contributed by atoms with van der Waals surface area (Å²) in [5, 5.41) is 4.64. The molecule has 0 radical (unpaired) electrons. The number of hydrogen-bond acceptors (Lipinski definition) is 4. The van der Waals surface area contributed by atoms with E-state index in [-0.39, 0.29) is 5.92 Å². The topological polar surface area (TPSA) is 61.7 Å². The van der Waals surface area contributed by atoms with E-state index in [1.807, 2.05) is 39.7 Å². The van der Waals surface area contributed by atoms with Gasteiger partial charge in [-0.3, -0.25) is 4.68 Å². The van der Waals surface area contributed by atoms with Gasteiger partial charge in [-0.2, -0.15) is 22.1 Å². The summed E-state index contributed by atoms with van der Waals surface area (Å²) in [4.78, 5) is 2.11. The molecule has 0 saturated carbocycles. The average molecular weight is 358 g/mol. The van der Waals surface area contributed by atoms with Crippen LogP contribution in [0.5, 0.6) is 0 Å². The molecule has 0 spiro atoms. The van der Waals surface area contributed by atoms with Crippen LogP contribution in [-0.2, 0) is 23.8 Å². The molecule has 7 nitrogen and oxygen atoms in total. The summed E-state index contributed by atoms with van der Waals surface area (Å²) in [6.45, 7) is 6.75. The third kappa shape index (κ3) is 4.17. The van der Waals surface area contributed by atoms with Crippen LogP contribution in [0, 0.1) is 0 Å². The second-order valence-electron chi connectivity index (χ2n) is 6.71. The van der Waals surface area contributed by atoms with E-state index in [1.165, 1.54) is 4.31 Å². The van der Waals surface area contributed by atoms with Crippen molar-refractivity contribution in [2.24, 2.45) is 7.05 Å². The Morgan fingerprint density at radius 3 is 2.54 bits per heavy atom. The number of hydrogen-bond donors (Lipinski definition) is 0. The zero-order valence-corrected chi connectivity index (χ0v) is 16.4. The van der Waals surface area contributed by atoms with Crippen LogP contribution >= 0.6 is 0 Å². The number of nitrogens with zero attached hydrogens (tertiary/aromatic N) is 5. The lowest BCUT2D eigenvalue weighted by atomic mass is 9.96. The number of piperidine rings is 1. The van der Waals surface area contributed by atoms with Crippen LogP contribution in [0.4, 0.5) is 0 Å². The van der Waals surface area contributed by atoms with Crippen LogP contribution in [0.1, 0.15) is 44.0 Å². The number of rotatable bonds is 7. The molecular formula is C16H31N5O2S. The standard InChI is InChI=1S/C16H31N5O2S/c1-6-20(7-2)24(22,23)21-10-8-9-14(12-21)16-11-15(13-18(3)4)19(5)17-16/h11,14H,6-10,12-13H2,1-5H3. The molecule has 1 saturated heterocycles. The van der Waals surface area contributed by atoms with Crippen LogP contribution in [0.15, 0.2) is 6.07 Å². The Labute approximate surface area is 146 Å². The second kappa shape index (κ2) is 7.95. The highest BCUT2D eigenvalue weighted by Gasteiger charge is 2.33. The normalized spacial score (nSPS) is 20.2. The van der Waals surface area contributed by atoms with Crippen molar-refractivity contribution in [3.63, 3.8) is 0 Å². The van der Waals surface area contributed by atoms with Crippen molar-refractivity contribution >= 4 is 10.2 Å². The smallest absolute Gasteiger partial charge is 0.281 e. The predicted octanol–water partition coefficient (Wildman–Crippen LogP) is 1.25. The third-order valence-corrected chi connectivity index (χ3v) is 6.79. The first kappa shape index (κ1) is 19.4. The summed E-state index contributed by atoms with van der Waals surface area (Å²) in [7, 11) is 2.66. The average Bonchev–Trinajstić information content (AvgIpc) is 2.89. The van der Waals surface area contributed by atoms with Crippen LogP contribution in [-0.4, -0.2) is 72.0 Å². The first-order chi connectivity index (χ1) is 11.3. The van der Waals surface area contributed by atoms with Crippen molar-refractivity contribution in [1.29, 1.82) is 0 Å². The summed E-state index contributed by atoms with van der Waals surface area (Å²) < 4.78 is 30.6. The lowest BCUT2D eigenvalue weighted by Gasteiger charge is -2.34. The van der Waals surface area contributed by atoms with Gasteiger partial charge in [0.25, 0.3) is 10.2 Å². The van der Waals surface area contributed by atoms with E-state index in [4.69, 9.17) is 0 Å². The van der Waals surface area contributed by atoms with Gasteiger partial charge >= 0.3 is 0 Å². The molecular weight excluding hydrogens is 326 g/mol. The molecule has 1 aromatic heterocycles. The van der Waals surface area contributed by atoms with Gasteiger partial charge in [-0.1, -0.05) is 13.8 Å². The van der Waals surface area contributed by atoms with Crippen LogP contribution in [0.2, 0.25) is 0 Å². The van der Waals surface area contributed by atoms with Gasteiger partial charge in [0.05, 0.1) is 11.4 Å². The molecule has 1 atom stereocenters. The molecule has 0 bridgehead atoms. The molecule has 0 amide bonds. The highest BCUT2D eigenvalue weighted by molar-refractivity contribution is 7.86. The Kier molecular flexibility index (Phi) is 6.41. The molecule has 8 heteroatoms. The molecule has 2 rings (SSSR count). The van der Waals surface area contributed by atoms with Crippen LogP contribution in [0.25, 0.3) is 0 Å². The summed E-state index contributed by atoms with van der Waals surface area (Å²) in [5.74, 6) is 0.172. The monoisotopic (exact) mass is 357 g/mol. The minimum Gasteiger partial charge on any atom is -0.304 e. The van der Waals surface area contributed by atoms with E-state index in [9.17, 15) is 8.42 Å². The molecule has 1 aliphatic rings. The molecule has 24 heavy (non-hydrogen) atoms. The molecule has 1 aromatic rings. The first-order valence-corrected chi connectivity index (χ1v) is 10.1. The van der Waals surface area contributed by atoms with Gasteiger partial charge in [0.2, 0.25) is 0 Å². The van der Waals surface area contributed by atoms with E-state index in [1.54, 1.807) is 4.31 Å². The maximum absolute atomic E-state index is 12.8. The SMILES string of the molecule is CCN(CC)S(=O)(=O)N1CCCC(c2cc(CN(C)C)n(C)n2)C1. The molecule has 0 aliphatic carbocycles. The van der Waals surface area contributed by atoms with Gasteiger partial charge in [-0.05, 0) is 33.0 Å². The van der Waals surface area contributed by atoms with E-state index < -0.39 is 10.2 Å². The fraction of sp³-hybridized carbons (Fsp3) is 0.812. The van der Waals surface area contributed by atoms with E-state index in [0.29, 0.717) is 26.2 Å². The molecule has 1 aliphatic heterocycles. The zero-order valence-electron chi connectivity index (χ0n) is 15.6. The van der Waals surface area contributed by atoms with Crippen LogP contribution in [0.3, 0.4) is 0 Å². The quantitative estimate of drug-likeness (QED) is 0.737. The minimum absolute atomic E-state index is 0.172. The Hall–Kier alpha value is -0.960. The fourth-order valence-corrected chi connectivity index (χ4v) is 5.02. The number of aromatic nitrogens is 2. The molecule has 1 fully saturated rings.